The van der Waals surface area contributed by atoms with E-state index in [4.69, 9.17) is 0 Å². The van der Waals surface area contributed by atoms with E-state index in [0.717, 1.165) is 25.7 Å². The lowest BCUT2D eigenvalue weighted by atomic mass is 10.3. The summed E-state index contributed by atoms with van der Waals surface area (Å²) in [6.45, 7) is 8.03. The molecule has 0 saturated heterocycles. The Labute approximate surface area is 129 Å². The van der Waals surface area contributed by atoms with E-state index in [-0.39, 0.29) is 0 Å². The van der Waals surface area contributed by atoms with Crippen molar-refractivity contribution in [2.45, 2.75) is 51.3 Å². The number of unbranched alkanes of at least 4 members (excludes halogenated alkanes) is 2. The highest BCUT2D eigenvalue weighted by atomic mass is 32.2. The zero-order valence-corrected chi connectivity index (χ0v) is 14.2. The molecule has 0 aromatic heterocycles. The summed E-state index contributed by atoms with van der Waals surface area (Å²) in [4.78, 5) is 0.388. The Bertz CT molecular complexity index is 507. The number of hydrogen-bond donors (Lipinski definition) is 1. The molecule has 0 bridgehead atoms. The van der Waals surface area contributed by atoms with Crippen LogP contribution in [0.1, 0.15) is 46.5 Å². The van der Waals surface area contributed by atoms with Gasteiger partial charge in [0.15, 0.2) is 0 Å². The second kappa shape index (κ2) is 9.05. The molecule has 0 aliphatic carbocycles. The lowest BCUT2D eigenvalue weighted by Gasteiger charge is -2.23. The number of nitrogens with one attached hydrogen (secondary N) is 1. The van der Waals surface area contributed by atoms with Gasteiger partial charge in [-0.25, -0.2) is 8.42 Å². The summed E-state index contributed by atoms with van der Waals surface area (Å²) in [6.07, 6.45) is 3.78. The van der Waals surface area contributed by atoms with Gasteiger partial charge < -0.3 is 5.32 Å². The van der Waals surface area contributed by atoms with E-state index < -0.39 is 10.0 Å². The van der Waals surface area contributed by atoms with Gasteiger partial charge in [0.05, 0.1) is 5.69 Å². The van der Waals surface area contributed by atoms with Crippen molar-refractivity contribution in [2.75, 3.05) is 25.0 Å². The maximum atomic E-state index is 12.9. The van der Waals surface area contributed by atoms with Crippen molar-refractivity contribution in [2.24, 2.45) is 0 Å². The summed E-state index contributed by atoms with van der Waals surface area (Å²) in [5, 5.41) is 3.14. The SMILES string of the molecule is CCCCN(CCCC)S(=O)(=O)c1ccccc1NCC. The highest BCUT2D eigenvalue weighted by Gasteiger charge is 2.25. The average Bonchev–Trinajstić information content (AvgIpc) is 2.48. The van der Waals surface area contributed by atoms with E-state index in [9.17, 15) is 8.42 Å². The Hall–Kier alpha value is -1.07. The molecule has 0 aliphatic rings. The highest BCUT2D eigenvalue weighted by molar-refractivity contribution is 7.89. The topological polar surface area (TPSA) is 49.4 Å². The van der Waals surface area contributed by atoms with Crippen LogP contribution in [-0.4, -0.2) is 32.4 Å². The van der Waals surface area contributed by atoms with Gasteiger partial charge in [-0.15, -0.1) is 0 Å². The molecular formula is C16H28N2O2S. The van der Waals surface area contributed by atoms with Gasteiger partial charge in [-0.1, -0.05) is 38.8 Å². The average molecular weight is 312 g/mol. The van der Waals surface area contributed by atoms with Gasteiger partial charge in [-0.2, -0.15) is 4.31 Å². The highest BCUT2D eigenvalue weighted by Crippen LogP contribution is 2.25. The van der Waals surface area contributed by atoms with Crippen LogP contribution in [0.5, 0.6) is 0 Å². The first-order chi connectivity index (χ1) is 10.1. The van der Waals surface area contributed by atoms with Gasteiger partial charge in [0.1, 0.15) is 4.90 Å². The van der Waals surface area contributed by atoms with E-state index in [1.54, 1.807) is 16.4 Å². The molecule has 0 saturated carbocycles. The van der Waals surface area contributed by atoms with Crippen molar-refractivity contribution in [1.29, 1.82) is 0 Å². The maximum absolute atomic E-state index is 12.9. The summed E-state index contributed by atoms with van der Waals surface area (Å²) in [5.41, 5.74) is 0.693. The van der Waals surface area contributed by atoms with Crippen LogP contribution in [0.25, 0.3) is 0 Å². The van der Waals surface area contributed by atoms with E-state index in [0.29, 0.717) is 30.2 Å². The van der Waals surface area contributed by atoms with Gasteiger partial charge in [0.25, 0.3) is 0 Å². The van der Waals surface area contributed by atoms with Gasteiger partial charge in [0, 0.05) is 19.6 Å². The van der Waals surface area contributed by atoms with Crippen molar-refractivity contribution in [3.63, 3.8) is 0 Å². The van der Waals surface area contributed by atoms with Gasteiger partial charge in [-0.05, 0) is 31.9 Å². The number of hydrogen-bond acceptors (Lipinski definition) is 3. The van der Waals surface area contributed by atoms with Crippen LogP contribution in [0.3, 0.4) is 0 Å². The van der Waals surface area contributed by atoms with Crippen molar-refractivity contribution < 1.29 is 8.42 Å². The molecule has 0 fully saturated rings. The molecule has 0 spiro atoms. The zero-order valence-electron chi connectivity index (χ0n) is 13.4. The molecule has 1 aromatic rings. The minimum Gasteiger partial charge on any atom is -0.384 e. The fraction of sp³-hybridized carbons (Fsp3) is 0.625. The molecule has 1 N–H and O–H groups in total. The lowest BCUT2D eigenvalue weighted by molar-refractivity contribution is 0.395. The van der Waals surface area contributed by atoms with Crippen LogP contribution in [0.2, 0.25) is 0 Å². The molecule has 5 heteroatoms. The number of benzene rings is 1. The third kappa shape index (κ3) is 5.00. The fourth-order valence-corrected chi connectivity index (χ4v) is 3.87. The number of rotatable bonds is 10. The molecule has 4 nitrogen and oxygen atoms in total. The summed E-state index contributed by atoms with van der Waals surface area (Å²) < 4.78 is 27.5. The summed E-state index contributed by atoms with van der Waals surface area (Å²) in [5.74, 6) is 0. The Morgan fingerprint density at radius 2 is 1.57 bits per heavy atom. The molecule has 1 rings (SSSR count). The molecule has 0 heterocycles. The number of sulfonamides is 1. The van der Waals surface area contributed by atoms with Crippen LogP contribution in [0.4, 0.5) is 5.69 Å². The number of anilines is 1. The van der Waals surface area contributed by atoms with Crippen LogP contribution in [-0.2, 0) is 10.0 Å². The molecule has 0 amide bonds. The largest absolute Gasteiger partial charge is 0.384 e. The first kappa shape index (κ1) is 18.0. The fourth-order valence-electron chi connectivity index (χ4n) is 2.19. The summed E-state index contributed by atoms with van der Waals surface area (Å²) in [7, 11) is -3.43. The van der Waals surface area contributed by atoms with Gasteiger partial charge in [-0.3, -0.25) is 0 Å². The molecule has 120 valence electrons. The van der Waals surface area contributed by atoms with E-state index >= 15 is 0 Å². The Balaban J connectivity index is 3.09. The number of nitrogens with zero attached hydrogens (tertiary/aromatic N) is 1. The van der Waals surface area contributed by atoms with Crippen molar-refractivity contribution >= 4 is 15.7 Å². The molecular weight excluding hydrogens is 284 g/mol. The molecule has 0 atom stereocenters. The van der Waals surface area contributed by atoms with E-state index in [1.807, 2.05) is 19.1 Å². The first-order valence-electron chi connectivity index (χ1n) is 7.90. The van der Waals surface area contributed by atoms with Crippen molar-refractivity contribution in [3.05, 3.63) is 24.3 Å². The normalized spacial score (nSPS) is 11.8. The second-order valence-electron chi connectivity index (χ2n) is 5.14. The Kier molecular flexibility index (Phi) is 7.75. The predicted molar refractivity (Wildman–Crippen MR) is 89.2 cm³/mol. The standard InChI is InChI=1S/C16H28N2O2S/c1-4-7-13-18(14-8-5-2)21(19,20)16-12-10-9-11-15(16)17-6-3/h9-12,17H,4-8,13-14H2,1-3H3. The minimum atomic E-state index is -3.43. The molecule has 1 aromatic carbocycles. The van der Waals surface area contributed by atoms with Crippen LogP contribution >= 0.6 is 0 Å². The second-order valence-corrected chi connectivity index (χ2v) is 7.04. The van der Waals surface area contributed by atoms with Gasteiger partial charge in [0.2, 0.25) is 10.0 Å². The minimum absolute atomic E-state index is 0.388. The third-order valence-corrected chi connectivity index (χ3v) is 5.35. The quantitative estimate of drug-likeness (QED) is 0.716. The summed E-state index contributed by atoms with van der Waals surface area (Å²) in [6, 6.07) is 7.16. The monoisotopic (exact) mass is 312 g/mol. The van der Waals surface area contributed by atoms with Crippen LogP contribution in [0.15, 0.2) is 29.2 Å². The smallest absolute Gasteiger partial charge is 0.245 e. The lowest BCUT2D eigenvalue weighted by Crippen LogP contribution is -2.33. The maximum Gasteiger partial charge on any atom is 0.245 e. The van der Waals surface area contributed by atoms with E-state index in [2.05, 4.69) is 19.2 Å². The third-order valence-electron chi connectivity index (χ3n) is 3.39. The van der Waals surface area contributed by atoms with Crippen molar-refractivity contribution in [1.82, 2.24) is 4.31 Å². The molecule has 21 heavy (non-hydrogen) atoms. The summed E-state index contributed by atoms with van der Waals surface area (Å²) >= 11 is 0. The number of para-hydroxylation sites is 1. The Morgan fingerprint density at radius 3 is 2.10 bits per heavy atom. The zero-order chi connectivity index (χ0) is 15.7. The molecule has 0 aliphatic heterocycles. The molecule has 0 unspecified atom stereocenters. The first-order valence-corrected chi connectivity index (χ1v) is 9.34. The molecule has 0 radical (unpaired) electrons. The predicted octanol–water partition coefficient (Wildman–Crippen LogP) is 3.71. The van der Waals surface area contributed by atoms with Crippen molar-refractivity contribution in [3.8, 4) is 0 Å². The van der Waals surface area contributed by atoms with E-state index in [1.165, 1.54) is 0 Å². The van der Waals surface area contributed by atoms with Crippen LogP contribution < -0.4 is 5.32 Å². The van der Waals surface area contributed by atoms with Crippen LogP contribution in [0, 0.1) is 0 Å². The Morgan fingerprint density at radius 1 is 1.00 bits per heavy atom. The van der Waals surface area contributed by atoms with Gasteiger partial charge >= 0.3 is 0 Å².